The maximum absolute atomic E-state index is 10.8. The summed E-state index contributed by atoms with van der Waals surface area (Å²) < 4.78 is 11.1. The maximum Gasteiger partial charge on any atom is 0.347 e. The van der Waals surface area contributed by atoms with Crippen LogP contribution in [0.4, 0.5) is 0 Å². The maximum atomic E-state index is 10.8. The summed E-state index contributed by atoms with van der Waals surface area (Å²) in [7, 11) is 0. The molecule has 0 atom stereocenters. The molecule has 2 heterocycles. The van der Waals surface area contributed by atoms with Crippen LogP contribution >= 0.6 is 11.3 Å². The molecule has 1 aromatic carbocycles. The third-order valence-corrected chi connectivity index (χ3v) is 3.75. The van der Waals surface area contributed by atoms with Crippen molar-refractivity contribution in [2.24, 2.45) is 0 Å². The van der Waals surface area contributed by atoms with Crippen LogP contribution < -0.4 is 9.47 Å². The van der Waals surface area contributed by atoms with Crippen molar-refractivity contribution in [1.82, 2.24) is 4.98 Å². The van der Waals surface area contributed by atoms with Gasteiger partial charge in [0.05, 0.1) is 19.4 Å². The molecule has 1 aliphatic heterocycles. The van der Waals surface area contributed by atoms with Gasteiger partial charge in [-0.3, -0.25) is 0 Å². The highest BCUT2D eigenvalue weighted by Crippen LogP contribution is 2.35. The lowest BCUT2D eigenvalue weighted by Crippen LogP contribution is -1.97. The van der Waals surface area contributed by atoms with E-state index in [9.17, 15) is 4.79 Å². The van der Waals surface area contributed by atoms with E-state index in [1.54, 1.807) is 0 Å². The standard InChI is InChI=1S/C13H11NO4S/c15-13(16)11-7-14-12(19-11)8-2-3-9-10(6-8)18-5-1-4-17-9/h2-3,6-7H,1,4-5H2,(H,15,16). The first kappa shape index (κ1) is 12.0. The van der Waals surface area contributed by atoms with Crippen LogP contribution in [-0.2, 0) is 0 Å². The first-order valence-electron chi connectivity index (χ1n) is 5.83. The van der Waals surface area contributed by atoms with Gasteiger partial charge in [-0.05, 0) is 18.2 Å². The van der Waals surface area contributed by atoms with Crippen molar-refractivity contribution >= 4 is 17.3 Å². The van der Waals surface area contributed by atoms with Gasteiger partial charge in [-0.1, -0.05) is 0 Å². The number of carboxylic acid groups (broad SMARTS) is 1. The monoisotopic (exact) mass is 277 g/mol. The fraction of sp³-hybridized carbons (Fsp3) is 0.231. The first-order valence-corrected chi connectivity index (χ1v) is 6.65. The van der Waals surface area contributed by atoms with Gasteiger partial charge in [0.25, 0.3) is 0 Å². The number of nitrogens with zero attached hydrogens (tertiary/aromatic N) is 1. The quantitative estimate of drug-likeness (QED) is 0.914. The average molecular weight is 277 g/mol. The molecule has 2 aromatic rings. The number of thiazole rings is 1. The van der Waals surface area contributed by atoms with Crippen molar-refractivity contribution in [3.05, 3.63) is 29.3 Å². The van der Waals surface area contributed by atoms with Crippen molar-refractivity contribution in [2.45, 2.75) is 6.42 Å². The molecule has 0 fully saturated rings. The number of hydrogen-bond donors (Lipinski definition) is 1. The third-order valence-electron chi connectivity index (χ3n) is 2.71. The summed E-state index contributed by atoms with van der Waals surface area (Å²) >= 11 is 1.14. The van der Waals surface area contributed by atoms with Crippen molar-refractivity contribution in [1.29, 1.82) is 0 Å². The number of carbonyl (C=O) groups is 1. The summed E-state index contributed by atoms with van der Waals surface area (Å²) in [5.41, 5.74) is 0.835. The predicted octanol–water partition coefficient (Wildman–Crippen LogP) is 2.67. The number of ether oxygens (including phenoxy) is 2. The van der Waals surface area contributed by atoms with E-state index in [1.165, 1.54) is 6.20 Å². The van der Waals surface area contributed by atoms with Crippen molar-refractivity contribution in [3.63, 3.8) is 0 Å². The summed E-state index contributed by atoms with van der Waals surface area (Å²) in [6, 6.07) is 5.53. The van der Waals surface area contributed by atoms with Crippen molar-refractivity contribution in [3.8, 4) is 22.1 Å². The Morgan fingerprint density at radius 3 is 2.79 bits per heavy atom. The predicted molar refractivity (Wildman–Crippen MR) is 70.1 cm³/mol. The minimum absolute atomic E-state index is 0.224. The molecule has 0 spiro atoms. The lowest BCUT2D eigenvalue weighted by atomic mass is 10.2. The van der Waals surface area contributed by atoms with Gasteiger partial charge in [0.2, 0.25) is 0 Å². The second kappa shape index (κ2) is 4.89. The van der Waals surface area contributed by atoms with Crippen LogP contribution in [0.1, 0.15) is 16.1 Å². The van der Waals surface area contributed by atoms with Crippen LogP contribution in [0.15, 0.2) is 24.4 Å². The van der Waals surface area contributed by atoms with Gasteiger partial charge in [-0.25, -0.2) is 9.78 Å². The van der Waals surface area contributed by atoms with E-state index in [2.05, 4.69) is 4.98 Å². The molecule has 0 bridgehead atoms. The van der Waals surface area contributed by atoms with E-state index in [-0.39, 0.29) is 4.88 Å². The first-order chi connectivity index (χ1) is 9.24. The molecule has 3 rings (SSSR count). The Morgan fingerprint density at radius 1 is 1.26 bits per heavy atom. The van der Waals surface area contributed by atoms with Crippen LogP contribution in [0.25, 0.3) is 10.6 Å². The Labute approximate surface area is 113 Å². The second-order valence-corrected chi connectivity index (χ2v) is 5.08. The number of aromatic carboxylic acids is 1. The summed E-state index contributed by atoms with van der Waals surface area (Å²) in [6.45, 7) is 1.27. The molecule has 98 valence electrons. The van der Waals surface area contributed by atoms with E-state index in [1.807, 2.05) is 18.2 Å². The molecule has 0 aliphatic carbocycles. The number of aromatic nitrogens is 1. The van der Waals surface area contributed by atoms with Crippen LogP contribution in [0.3, 0.4) is 0 Å². The molecular formula is C13H11NO4S. The molecular weight excluding hydrogens is 266 g/mol. The molecule has 6 heteroatoms. The molecule has 1 N–H and O–H groups in total. The Hall–Kier alpha value is -2.08. The number of fused-ring (bicyclic) bond motifs is 1. The summed E-state index contributed by atoms with van der Waals surface area (Å²) in [4.78, 5) is 15.2. The van der Waals surface area contributed by atoms with Gasteiger partial charge in [-0.15, -0.1) is 11.3 Å². The molecule has 1 aliphatic rings. The van der Waals surface area contributed by atoms with E-state index in [4.69, 9.17) is 14.6 Å². The van der Waals surface area contributed by atoms with Gasteiger partial charge in [0.1, 0.15) is 9.88 Å². The number of benzene rings is 1. The molecule has 0 saturated heterocycles. The third kappa shape index (κ3) is 2.39. The second-order valence-electron chi connectivity index (χ2n) is 4.05. The minimum Gasteiger partial charge on any atom is -0.490 e. The largest absolute Gasteiger partial charge is 0.490 e. The number of hydrogen-bond acceptors (Lipinski definition) is 5. The molecule has 0 amide bonds. The zero-order chi connectivity index (χ0) is 13.2. The zero-order valence-corrected chi connectivity index (χ0v) is 10.8. The average Bonchev–Trinajstić information content (AvgIpc) is 2.78. The minimum atomic E-state index is -0.960. The molecule has 5 nitrogen and oxygen atoms in total. The molecule has 0 radical (unpaired) electrons. The summed E-state index contributed by atoms with van der Waals surface area (Å²) in [5.74, 6) is 0.441. The van der Waals surface area contributed by atoms with Gasteiger partial charge >= 0.3 is 5.97 Å². The molecule has 0 saturated carbocycles. The highest BCUT2D eigenvalue weighted by Gasteiger charge is 2.14. The van der Waals surface area contributed by atoms with Crippen LogP contribution in [0, 0.1) is 0 Å². The van der Waals surface area contributed by atoms with Gasteiger partial charge in [0, 0.05) is 12.0 Å². The van der Waals surface area contributed by atoms with E-state index in [0.717, 1.165) is 29.1 Å². The van der Waals surface area contributed by atoms with Crippen LogP contribution in [-0.4, -0.2) is 29.3 Å². The Morgan fingerprint density at radius 2 is 2.05 bits per heavy atom. The van der Waals surface area contributed by atoms with Crippen molar-refractivity contribution in [2.75, 3.05) is 13.2 Å². The fourth-order valence-corrected chi connectivity index (χ4v) is 2.55. The number of rotatable bonds is 2. The molecule has 0 unspecified atom stereocenters. The van der Waals surface area contributed by atoms with Gasteiger partial charge in [0.15, 0.2) is 11.5 Å². The lowest BCUT2D eigenvalue weighted by molar-refractivity contribution is 0.0702. The van der Waals surface area contributed by atoms with Crippen molar-refractivity contribution < 1.29 is 19.4 Å². The van der Waals surface area contributed by atoms with Gasteiger partial charge in [-0.2, -0.15) is 0 Å². The normalized spacial score (nSPS) is 13.9. The highest BCUT2D eigenvalue weighted by atomic mass is 32.1. The fourth-order valence-electron chi connectivity index (χ4n) is 1.80. The molecule has 19 heavy (non-hydrogen) atoms. The Balaban J connectivity index is 1.96. The smallest absolute Gasteiger partial charge is 0.347 e. The highest BCUT2D eigenvalue weighted by molar-refractivity contribution is 7.16. The van der Waals surface area contributed by atoms with Gasteiger partial charge < -0.3 is 14.6 Å². The molecule has 1 aromatic heterocycles. The Bertz CT molecular complexity index is 623. The summed E-state index contributed by atoms with van der Waals surface area (Å²) in [6.07, 6.45) is 2.22. The van der Waals surface area contributed by atoms with E-state index >= 15 is 0 Å². The SMILES string of the molecule is O=C(O)c1cnc(-c2ccc3c(c2)OCCCO3)s1. The zero-order valence-electron chi connectivity index (χ0n) is 9.96. The van der Waals surface area contributed by atoms with E-state index < -0.39 is 5.97 Å². The topological polar surface area (TPSA) is 68.7 Å². The lowest BCUT2D eigenvalue weighted by Gasteiger charge is -2.07. The number of carboxylic acids is 1. The summed E-state index contributed by atoms with van der Waals surface area (Å²) in [5, 5.41) is 9.56. The van der Waals surface area contributed by atoms with Crippen LogP contribution in [0.2, 0.25) is 0 Å². The Kier molecular flexibility index (Phi) is 3.08. The van der Waals surface area contributed by atoms with Crippen LogP contribution in [0.5, 0.6) is 11.5 Å². The van der Waals surface area contributed by atoms with E-state index in [0.29, 0.717) is 24.0 Å².